The Hall–Kier alpha value is -3.62. The SMILES string of the molecule is O=C1Nc2cccc(OCC(O)CNCCCCOc3ccccc3)c2/C1=C/c1ccn[nH]1. The number of unbranched alkanes of at least 4 members (excludes halogenated alkanes) is 1. The minimum Gasteiger partial charge on any atom is -0.494 e. The van der Waals surface area contributed by atoms with E-state index in [0.29, 0.717) is 35.7 Å². The summed E-state index contributed by atoms with van der Waals surface area (Å²) in [6.45, 7) is 1.98. The van der Waals surface area contributed by atoms with Crippen molar-refractivity contribution in [3.63, 3.8) is 0 Å². The molecule has 3 aromatic rings. The maximum Gasteiger partial charge on any atom is 0.256 e. The summed E-state index contributed by atoms with van der Waals surface area (Å²) in [6.07, 6.45) is 4.56. The Morgan fingerprint density at radius 3 is 2.76 bits per heavy atom. The number of aromatic amines is 1. The first kappa shape index (κ1) is 22.6. The molecule has 0 fully saturated rings. The van der Waals surface area contributed by atoms with Crippen molar-refractivity contribution < 1.29 is 19.4 Å². The van der Waals surface area contributed by atoms with E-state index in [1.807, 2.05) is 42.5 Å². The number of amides is 1. The molecule has 0 aliphatic carbocycles. The van der Waals surface area contributed by atoms with Gasteiger partial charge in [0.1, 0.15) is 24.2 Å². The second-order valence-electron chi connectivity index (χ2n) is 7.74. The van der Waals surface area contributed by atoms with Gasteiger partial charge in [-0.2, -0.15) is 5.10 Å². The molecule has 0 saturated carbocycles. The number of aromatic nitrogens is 2. The van der Waals surface area contributed by atoms with Gasteiger partial charge in [0, 0.05) is 12.7 Å². The highest BCUT2D eigenvalue weighted by atomic mass is 16.5. The van der Waals surface area contributed by atoms with Crippen LogP contribution in [0.4, 0.5) is 5.69 Å². The minimum atomic E-state index is -0.675. The van der Waals surface area contributed by atoms with E-state index in [9.17, 15) is 9.90 Å². The topological polar surface area (TPSA) is 108 Å². The molecule has 1 aromatic heterocycles. The minimum absolute atomic E-state index is 0.117. The zero-order valence-electron chi connectivity index (χ0n) is 18.3. The van der Waals surface area contributed by atoms with Crippen LogP contribution < -0.4 is 20.1 Å². The van der Waals surface area contributed by atoms with Crippen molar-refractivity contribution in [1.29, 1.82) is 0 Å². The van der Waals surface area contributed by atoms with E-state index in [-0.39, 0.29) is 12.5 Å². The lowest BCUT2D eigenvalue weighted by molar-refractivity contribution is -0.110. The van der Waals surface area contributed by atoms with E-state index < -0.39 is 6.10 Å². The Morgan fingerprint density at radius 1 is 1.06 bits per heavy atom. The quantitative estimate of drug-likeness (QED) is 0.251. The van der Waals surface area contributed by atoms with Crippen molar-refractivity contribution in [3.05, 3.63) is 72.1 Å². The van der Waals surface area contributed by atoms with Crippen LogP contribution in [-0.2, 0) is 4.79 Å². The van der Waals surface area contributed by atoms with Crippen molar-refractivity contribution in [2.45, 2.75) is 18.9 Å². The molecule has 0 radical (unpaired) electrons. The molecular formula is C25H28N4O4. The number of aliphatic hydroxyl groups excluding tert-OH is 1. The fraction of sp³-hybridized carbons (Fsp3) is 0.280. The molecule has 172 valence electrons. The van der Waals surface area contributed by atoms with Crippen LogP contribution >= 0.6 is 0 Å². The van der Waals surface area contributed by atoms with Gasteiger partial charge in [-0.25, -0.2) is 0 Å². The van der Waals surface area contributed by atoms with Gasteiger partial charge in [-0.3, -0.25) is 9.89 Å². The molecule has 4 N–H and O–H groups in total. The molecule has 0 bridgehead atoms. The van der Waals surface area contributed by atoms with E-state index in [0.717, 1.165) is 30.8 Å². The average Bonchev–Trinajstić information content (AvgIpc) is 3.46. The van der Waals surface area contributed by atoms with Crippen LogP contribution in [0.3, 0.4) is 0 Å². The summed E-state index contributed by atoms with van der Waals surface area (Å²) >= 11 is 0. The Bertz CT molecular complexity index is 1070. The van der Waals surface area contributed by atoms with E-state index >= 15 is 0 Å². The third-order valence-corrected chi connectivity index (χ3v) is 5.18. The highest BCUT2D eigenvalue weighted by Gasteiger charge is 2.28. The van der Waals surface area contributed by atoms with Crippen LogP contribution in [0.1, 0.15) is 24.1 Å². The molecule has 2 aromatic carbocycles. The molecule has 1 aliphatic rings. The molecule has 0 saturated heterocycles. The van der Waals surface area contributed by atoms with Gasteiger partial charge in [0.05, 0.1) is 29.1 Å². The number of nitrogens with zero attached hydrogens (tertiary/aromatic N) is 1. The number of benzene rings is 2. The molecule has 1 atom stereocenters. The lowest BCUT2D eigenvalue weighted by atomic mass is 10.0. The Labute approximate surface area is 192 Å². The number of H-pyrrole nitrogens is 1. The molecule has 1 amide bonds. The van der Waals surface area contributed by atoms with Gasteiger partial charge in [0.25, 0.3) is 5.91 Å². The Kier molecular flexibility index (Phi) is 7.73. The van der Waals surface area contributed by atoms with Crippen LogP contribution in [0.15, 0.2) is 60.8 Å². The van der Waals surface area contributed by atoms with E-state index in [2.05, 4.69) is 20.8 Å². The van der Waals surface area contributed by atoms with Crippen LogP contribution in [0.25, 0.3) is 11.6 Å². The third-order valence-electron chi connectivity index (χ3n) is 5.18. The summed E-state index contributed by atoms with van der Waals surface area (Å²) in [5.41, 5.74) is 2.60. The maximum absolute atomic E-state index is 12.4. The summed E-state index contributed by atoms with van der Waals surface area (Å²) in [7, 11) is 0. The highest BCUT2D eigenvalue weighted by molar-refractivity contribution is 6.35. The normalized spacial score (nSPS) is 14.7. The number of para-hydroxylation sites is 1. The maximum atomic E-state index is 12.4. The number of nitrogens with one attached hydrogen (secondary N) is 3. The predicted molar refractivity (Wildman–Crippen MR) is 127 cm³/mol. The average molecular weight is 449 g/mol. The van der Waals surface area contributed by atoms with Gasteiger partial charge in [0.2, 0.25) is 0 Å². The Balaban J connectivity index is 1.21. The number of anilines is 1. The van der Waals surface area contributed by atoms with Crippen molar-refractivity contribution in [3.8, 4) is 11.5 Å². The number of hydrogen-bond donors (Lipinski definition) is 4. The molecule has 8 nitrogen and oxygen atoms in total. The summed E-state index contributed by atoms with van der Waals surface area (Å²) in [4.78, 5) is 12.4. The van der Waals surface area contributed by atoms with E-state index in [1.54, 1.807) is 24.4 Å². The lowest BCUT2D eigenvalue weighted by Gasteiger charge is -2.15. The number of fused-ring (bicyclic) bond motifs is 1. The molecule has 8 heteroatoms. The number of rotatable bonds is 12. The van der Waals surface area contributed by atoms with Crippen molar-refractivity contribution >= 4 is 23.2 Å². The second-order valence-corrected chi connectivity index (χ2v) is 7.74. The zero-order valence-corrected chi connectivity index (χ0v) is 18.3. The van der Waals surface area contributed by atoms with Crippen LogP contribution in [0.2, 0.25) is 0 Å². The highest BCUT2D eigenvalue weighted by Crippen LogP contribution is 2.39. The van der Waals surface area contributed by atoms with Gasteiger partial charge in [-0.1, -0.05) is 24.3 Å². The van der Waals surface area contributed by atoms with Crippen LogP contribution in [0.5, 0.6) is 11.5 Å². The predicted octanol–water partition coefficient (Wildman–Crippen LogP) is 3.09. The third kappa shape index (κ3) is 6.21. The van der Waals surface area contributed by atoms with E-state index in [4.69, 9.17) is 9.47 Å². The first-order valence-corrected chi connectivity index (χ1v) is 11.1. The largest absolute Gasteiger partial charge is 0.494 e. The molecule has 4 rings (SSSR count). The summed E-state index contributed by atoms with van der Waals surface area (Å²) in [6, 6.07) is 17.0. The van der Waals surface area contributed by atoms with Gasteiger partial charge >= 0.3 is 0 Å². The van der Waals surface area contributed by atoms with Crippen LogP contribution in [0, 0.1) is 0 Å². The van der Waals surface area contributed by atoms with E-state index in [1.165, 1.54) is 0 Å². The van der Waals surface area contributed by atoms with Crippen molar-refractivity contribution in [1.82, 2.24) is 15.5 Å². The van der Waals surface area contributed by atoms with Crippen molar-refractivity contribution in [2.24, 2.45) is 0 Å². The van der Waals surface area contributed by atoms with Crippen LogP contribution in [-0.4, -0.2) is 53.6 Å². The number of hydrogen-bond acceptors (Lipinski definition) is 6. The molecule has 33 heavy (non-hydrogen) atoms. The number of carbonyl (C=O) groups is 1. The lowest BCUT2D eigenvalue weighted by Crippen LogP contribution is -2.32. The number of aliphatic hydroxyl groups is 1. The molecule has 1 unspecified atom stereocenters. The Morgan fingerprint density at radius 2 is 1.94 bits per heavy atom. The fourth-order valence-electron chi connectivity index (χ4n) is 3.55. The van der Waals surface area contributed by atoms with Gasteiger partial charge in [-0.15, -0.1) is 0 Å². The standard InChI is InChI=1S/C25H28N4O4/c30-19(16-26-12-4-5-14-32-20-7-2-1-3-8-20)17-33-23-10-6-9-22-24(23)21(25(31)28-22)15-18-11-13-27-29-18/h1-3,6-11,13,15,19,26,30H,4-5,12,14,16-17H2,(H,27,29)(H,28,31)/b21-15-. The first-order chi connectivity index (χ1) is 16.2. The fourth-order valence-corrected chi connectivity index (χ4v) is 3.55. The second kappa shape index (κ2) is 11.3. The summed E-state index contributed by atoms with van der Waals surface area (Å²) in [5, 5.41) is 23.2. The number of ether oxygens (including phenoxy) is 2. The number of carbonyl (C=O) groups excluding carboxylic acids is 1. The zero-order chi connectivity index (χ0) is 22.9. The van der Waals surface area contributed by atoms with Gasteiger partial charge < -0.3 is 25.2 Å². The van der Waals surface area contributed by atoms with Gasteiger partial charge in [0.15, 0.2) is 0 Å². The molecule has 1 aliphatic heterocycles. The smallest absolute Gasteiger partial charge is 0.256 e. The van der Waals surface area contributed by atoms with Gasteiger partial charge in [-0.05, 0) is 55.8 Å². The molecular weight excluding hydrogens is 420 g/mol. The first-order valence-electron chi connectivity index (χ1n) is 11.1. The van der Waals surface area contributed by atoms with Crippen molar-refractivity contribution in [2.75, 3.05) is 31.6 Å². The molecule has 2 heterocycles. The molecule has 0 spiro atoms. The summed E-state index contributed by atoms with van der Waals surface area (Å²) in [5.74, 6) is 1.23. The summed E-state index contributed by atoms with van der Waals surface area (Å²) < 4.78 is 11.6. The monoisotopic (exact) mass is 448 g/mol.